The molecule has 0 saturated carbocycles. The Hall–Kier alpha value is -0.700. The average molecular weight is 143 g/mol. The van der Waals surface area contributed by atoms with Gasteiger partial charge in [-0.3, -0.25) is 9.59 Å². The molecule has 0 unspecified atom stereocenters. The van der Waals surface area contributed by atoms with Crippen LogP contribution < -0.4 is 5.73 Å². The van der Waals surface area contributed by atoms with Crippen LogP contribution in [0.5, 0.6) is 0 Å². The molecule has 3 heteroatoms. The number of hydrogen-bond acceptors (Lipinski definition) is 3. The van der Waals surface area contributed by atoms with Crippen molar-refractivity contribution in [3.8, 4) is 0 Å². The number of hydrogen-bond donors (Lipinski definition) is 1. The molecule has 0 fully saturated rings. The zero-order chi connectivity index (χ0) is 7.98. The maximum atomic E-state index is 10.7. The fourth-order valence-electron chi connectivity index (χ4n) is 0.665. The fourth-order valence-corrected chi connectivity index (χ4v) is 0.665. The van der Waals surface area contributed by atoms with Gasteiger partial charge in [-0.2, -0.15) is 0 Å². The smallest absolute Gasteiger partial charge is 0.140 e. The molecule has 3 nitrogen and oxygen atoms in total. The summed E-state index contributed by atoms with van der Waals surface area (Å²) in [5, 5.41) is 0. The van der Waals surface area contributed by atoms with E-state index in [0.717, 1.165) is 0 Å². The second-order valence-electron chi connectivity index (χ2n) is 2.31. The molecule has 10 heavy (non-hydrogen) atoms. The Kier molecular flexibility index (Phi) is 4.76. The minimum Gasteiger partial charge on any atom is -0.330 e. The number of ketones is 2. The summed E-state index contributed by atoms with van der Waals surface area (Å²) in [5.41, 5.74) is 5.17. The van der Waals surface area contributed by atoms with Crippen LogP contribution in [0.2, 0.25) is 0 Å². The maximum absolute atomic E-state index is 10.7. The molecule has 2 N–H and O–H groups in total. The van der Waals surface area contributed by atoms with Crippen LogP contribution in [0.4, 0.5) is 0 Å². The molecule has 0 bridgehead atoms. The van der Waals surface area contributed by atoms with E-state index in [0.29, 0.717) is 19.4 Å². The second-order valence-corrected chi connectivity index (χ2v) is 2.31. The molecule has 0 saturated heterocycles. The Bertz CT molecular complexity index is 132. The van der Waals surface area contributed by atoms with Gasteiger partial charge in [-0.25, -0.2) is 0 Å². The Morgan fingerprint density at radius 2 is 2.00 bits per heavy atom. The molecule has 0 atom stereocenters. The lowest BCUT2D eigenvalue weighted by atomic mass is 10.1. The van der Waals surface area contributed by atoms with Gasteiger partial charge in [0, 0.05) is 6.42 Å². The molecule has 0 aliphatic carbocycles. The first-order valence-electron chi connectivity index (χ1n) is 3.38. The summed E-state index contributed by atoms with van der Waals surface area (Å²) in [6.07, 6.45) is 1.20. The van der Waals surface area contributed by atoms with E-state index in [2.05, 4.69) is 0 Å². The van der Waals surface area contributed by atoms with E-state index in [1.54, 1.807) is 0 Å². The van der Waals surface area contributed by atoms with Crippen molar-refractivity contribution in [3.63, 3.8) is 0 Å². The fraction of sp³-hybridized carbons (Fsp3) is 0.714. The van der Waals surface area contributed by atoms with E-state index in [4.69, 9.17) is 5.73 Å². The van der Waals surface area contributed by atoms with Crippen molar-refractivity contribution in [1.29, 1.82) is 0 Å². The second kappa shape index (κ2) is 5.11. The first-order valence-corrected chi connectivity index (χ1v) is 3.38. The Morgan fingerprint density at radius 3 is 2.40 bits per heavy atom. The van der Waals surface area contributed by atoms with Gasteiger partial charge in [-0.1, -0.05) is 0 Å². The minimum atomic E-state index is -0.0676. The highest BCUT2D eigenvalue weighted by Crippen LogP contribution is 1.93. The predicted molar refractivity (Wildman–Crippen MR) is 38.6 cm³/mol. The Balaban J connectivity index is 3.35. The highest BCUT2D eigenvalue weighted by atomic mass is 16.1. The van der Waals surface area contributed by atoms with Gasteiger partial charge in [-0.15, -0.1) is 0 Å². The molecular formula is C7H13NO2. The third-order valence-corrected chi connectivity index (χ3v) is 1.11. The van der Waals surface area contributed by atoms with Crippen LogP contribution in [-0.2, 0) is 9.59 Å². The normalized spacial score (nSPS) is 9.40. The highest BCUT2D eigenvalue weighted by Gasteiger charge is 2.03. The lowest BCUT2D eigenvalue weighted by Crippen LogP contribution is -2.07. The van der Waals surface area contributed by atoms with Gasteiger partial charge in [0.1, 0.15) is 11.6 Å². The molecular weight excluding hydrogens is 130 g/mol. The molecule has 0 spiro atoms. The van der Waals surface area contributed by atoms with Crippen LogP contribution in [0, 0.1) is 0 Å². The average Bonchev–Trinajstić information content (AvgIpc) is 1.82. The number of carbonyl (C=O) groups excluding carboxylic acids is 2. The van der Waals surface area contributed by atoms with E-state index in [-0.39, 0.29) is 18.0 Å². The SMILES string of the molecule is CC(=O)CC(=O)CCCN. The van der Waals surface area contributed by atoms with Crippen molar-refractivity contribution in [2.24, 2.45) is 5.73 Å². The number of Topliss-reactive ketones (excluding diaryl/α,β-unsaturated/α-hetero) is 2. The maximum Gasteiger partial charge on any atom is 0.140 e. The topological polar surface area (TPSA) is 60.2 Å². The highest BCUT2D eigenvalue weighted by molar-refractivity contribution is 5.97. The van der Waals surface area contributed by atoms with E-state index >= 15 is 0 Å². The zero-order valence-electron chi connectivity index (χ0n) is 6.22. The van der Waals surface area contributed by atoms with Crippen LogP contribution in [0.1, 0.15) is 26.2 Å². The molecule has 0 aromatic carbocycles. The molecule has 0 aromatic rings. The molecule has 0 heterocycles. The summed E-state index contributed by atoms with van der Waals surface area (Å²) in [6.45, 7) is 1.93. The van der Waals surface area contributed by atoms with Crippen molar-refractivity contribution in [2.45, 2.75) is 26.2 Å². The van der Waals surface area contributed by atoms with Gasteiger partial charge in [0.2, 0.25) is 0 Å². The number of nitrogens with two attached hydrogens (primary N) is 1. The van der Waals surface area contributed by atoms with E-state index in [1.807, 2.05) is 0 Å². The lowest BCUT2D eigenvalue weighted by molar-refractivity contribution is -0.125. The van der Waals surface area contributed by atoms with Gasteiger partial charge in [0.15, 0.2) is 0 Å². The summed E-state index contributed by atoms with van der Waals surface area (Å²) >= 11 is 0. The molecule has 0 aliphatic heterocycles. The van der Waals surface area contributed by atoms with E-state index in [9.17, 15) is 9.59 Å². The molecule has 0 amide bonds. The van der Waals surface area contributed by atoms with Crippen LogP contribution in [0.3, 0.4) is 0 Å². The summed E-state index contributed by atoms with van der Waals surface area (Å²) in [6, 6.07) is 0. The van der Waals surface area contributed by atoms with Crippen molar-refractivity contribution < 1.29 is 9.59 Å². The van der Waals surface area contributed by atoms with Gasteiger partial charge in [-0.05, 0) is 19.9 Å². The molecule has 58 valence electrons. The number of rotatable bonds is 5. The summed E-state index contributed by atoms with van der Waals surface area (Å²) in [5.74, 6) is -0.0695. The quantitative estimate of drug-likeness (QED) is 0.562. The largest absolute Gasteiger partial charge is 0.330 e. The third-order valence-electron chi connectivity index (χ3n) is 1.11. The lowest BCUT2D eigenvalue weighted by Gasteiger charge is -1.94. The number of carbonyl (C=O) groups is 2. The van der Waals surface area contributed by atoms with E-state index in [1.165, 1.54) is 6.92 Å². The first-order chi connectivity index (χ1) is 4.66. The van der Waals surface area contributed by atoms with Gasteiger partial charge in [0.25, 0.3) is 0 Å². The van der Waals surface area contributed by atoms with Crippen LogP contribution >= 0.6 is 0 Å². The molecule has 0 aliphatic rings. The van der Waals surface area contributed by atoms with Gasteiger partial charge in [0.05, 0.1) is 6.42 Å². The minimum absolute atomic E-state index is 0.00190. The van der Waals surface area contributed by atoms with Crippen molar-refractivity contribution in [2.75, 3.05) is 6.54 Å². The standard InChI is InChI=1S/C7H13NO2/c1-6(9)5-7(10)3-2-4-8/h2-5,8H2,1H3. The summed E-state index contributed by atoms with van der Waals surface area (Å²) in [4.78, 5) is 21.1. The summed E-state index contributed by atoms with van der Waals surface area (Å²) < 4.78 is 0. The van der Waals surface area contributed by atoms with Crippen LogP contribution in [-0.4, -0.2) is 18.1 Å². The van der Waals surface area contributed by atoms with Crippen molar-refractivity contribution in [3.05, 3.63) is 0 Å². The van der Waals surface area contributed by atoms with Crippen LogP contribution in [0.25, 0.3) is 0 Å². The van der Waals surface area contributed by atoms with Gasteiger partial charge < -0.3 is 5.73 Å². The van der Waals surface area contributed by atoms with Gasteiger partial charge >= 0.3 is 0 Å². The first kappa shape index (κ1) is 9.30. The van der Waals surface area contributed by atoms with Crippen molar-refractivity contribution >= 4 is 11.6 Å². The zero-order valence-corrected chi connectivity index (χ0v) is 6.22. The van der Waals surface area contributed by atoms with Crippen molar-refractivity contribution in [1.82, 2.24) is 0 Å². The molecule has 0 aromatic heterocycles. The summed E-state index contributed by atoms with van der Waals surface area (Å²) in [7, 11) is 0. The Morgan fingerprint density at radius 1 is 1.40 bits per heavy atom. The predicted octanol–water partition coefficient (Wildman–Crippen LogP) is 0.274. The Labute approximate surface area is 60.6 Å². The molecule has 0 rings (SSSR count). The molecule has 0 radical (unpaired) electrons. The van der Waals surface area contributed by atoms with E-state index < -0.39 is 0 Å². The monoisotopic (exact) mass is 143 g/mol. The van der Waals surface area contributed by atoms with Crippen LogP contribution in [0.15, 0.2) is 0 Å². The third kappa shape index (κ3) is 5.44.